The number of halogens is 1. The molecule has 1 aliphatic rings. The Bertz CT molecular complexity index is 709. The molecule has 2 heterocycles. The molecule has 1 unspecified atom stereocenters. The van der Waals surface area contributed by atoms with Crippen LogP contribution in [-0.4, -0.2) is 40.5 Å². The van der Waals surface area contributed by atoms with Gasteiger partial charge in [0.15, 0.2) is 5.69 Å². The number of nitrogens with one attached hydrogen (secondary N) is 2. The maximum atomic E-state index is 12.5. The number of amides is 1. The average molecular weight is 348 g/mol. The van der Waals surface area contributed by atoms with E-state index < -0.39 is 0 Å². The average Bonchev–Trinajstić information content (AvgIpc) is 3.04. The second-order valence-electron chi connectivity index (χ2n) is 6.05. The predicted molar refractivity (Wildman–Crippen MR) is 93.7 cm³/mol. The number of rotatable bonds is 5. The third-order valence-corrected chi connectivity index (χ3v) is 4.55. The number of piperidine rings is 1. The van der Waals surface area contributed by atoms with Crippen LogP contribution in [0.15, 0.2) is 24.3 Å². The Morgan fingerprint density at radius 1 is 1.50 bits per heavy atom. The fourth-order valence-electron chi connectivity index (χ4n) is 3.03. The van der Waals surface area contributed by atoms with Gasteiger partial charge in [-0.05, 0) is 56.5 Å². The lowest BCUT2D eigenvalue weighted by atomic mass is 10.00. The summed E-state index contributed by atoms with van der Waals surface area (Å²) in [5.74, 6) is 0.321. The Labute approximate surface area is 146 Å². The fraction of sp³-hybridized carbons (Fsp3) is 0.471. The molecular weight excluding hydrogens is 326 g/mol. The smallest absolute Gasteiger partial charge is 0.273 e. The van der Waals surface area contributed by atoms with Crippen molar-refractivity contribution in [2.75, 3.05) is 19.6 Å². The molecule has 0 spiro atoms. The van der Waals surface area contributed by atoms with Crippen molar-refractivity contribution in [1.29, 1.82) is 0 Å². The third kappa shape index (κ3) is 3.76. The van der Waals surface area contributed by atoms with E-state index in [1.807, 2.05) is 25.1 Å². The molecule has 2 N–H and O–H groups in total. The highest BCUT2D eigenvalue weighted by Gasteiger charge is 2.21. The largest absolute Gasteiger partial charge is 0.350 e. The minimum Gasteiger partial charge on any atom is -0.350 e. The van der Waals surface area contributed by atoms with Crippen LogP contribution in [0.4, 0.5) is 0 Å². The molecule has 1 atom stereocenters. The van der Waals surface area contributed by atoms with Crippen molar-refractivity contribution in [2.24, 2.45) is 5.92 Å². The van der Waals surface area contributed by atoms with Gasteiger partial charge in [-0.1, -0.05) is 29.8 Å². The maximum Gasteiger partial charge on any atom is 0.273 e. The van der Waals surface area contributed by atoms with Gasteiger partial charge in [0, 0.05) is 11.6 Å². The van der Waals surface area contributed by atoms with Crippen molar-refractivity contribution in [3.05, 3.63) is 40.7 Å². The molecule has 1 fully saturated rings. The van der Waals surface area contributed by atoms with Crippen LogP contribution < -0.4 is 10.6 Å². The molecule has 0 bridgehead atoms. The molecule has 1 aliphatic heterocycles. The van der Waals surface area contributed by atoms with Gasteiger partial charge in [-0.2, -0.15) is 0 Å². The monoisotopic (exact) mass is 347 g/mol. The maximum absolute atomic E-state index is 12.5. The van der Waals surface area contributed by atoms with Crippen LogP contribution in [-0.2, 0) is 6.42 Å². The highest BCUT2D eigenvalue weighted by molar-refractivity contribution is 6.30. The quantitative estimate of drug-likeness (QED) is 0.870. The van der Waals surface area contributed by atoms with Gasteiger partial charge in [0.2, 0.25) is 0 Å². The number of hydrogen-bond donors (Lipinski definition) is 2. The second-order valence-corrected chi connectivity index (χ2v) is 6.49. The third-order valence-electron chi connectivity index (χ3n) is 4.32. The molecule has 6 nitrogen and oxygen atoms in total. The molecule has 24 heavy (non-hydrogen) atoms. The number of aromatic nitrogens is 3. The van der Waals surface area contributed by atoms with Crippen LogP contribution in [0.1, 0.15) is 35.9 Å². The van der Waals surface area contributed by atoms with E-state index in [0.717, 1.165) is 37.3 Å². The summed E-state index contributed by atoms with van der Waals surface area (Å²) in [6, 6.07) is 7.37. The van der Waals surface area contributed by atoms with Gasteiger partial charge in [-0.15, -0.1) is 5.10 Å². The Kier molecular flexibility index (Phi) is 5.48. The Morgan fingerprint density at radius 2 is 2.38 bits per heavy atom. The molecule has 1 aromatic carbocycles. The zero-order valence-electron chi connectivity index (χ0n) is 13.8. The Hall–Kier alpha value is -1.92. The lowest BCUT2D eigenvalue weighted by molar-refractivity contribution is 0.0939. The van der Waals surface area contributed by atoms with E-state index in [-0.39, 0.29) is 5.91 Å². The molecular formula is C17H22ClN5O. The number of carbonyl (C=O) groups excluding carboxylic acids is 1. The van der Waals surface area contributed by atoms with Gasteiger partial charge in [0.05, 0.1) is 11.4 Å². The predicted octanol–water partition coefficient (Wildman–Crippen LogP) is 2.21. The van der Waals surface area contributed by atoms with Crippen LogP contribution >= 0.6 is 11.6 Å². The molecule has 1 aromatic heterocycles. The summed E-state index contributed by atoms with van der Waals surface area (Å²) in [7, 11) is 0. The molecule has 1 amide bonds. The van der Waals surface area contributed by atoms with Gasteiger partial charge in [0.25, 0.3) is 5.91 Å². The summed E-state index contributed by atoms with van der Waals surface area (Å²) in [5.41, 5.74) is 1.99. The van der Waals surface area contributed by atoms with Crippen LogP contribution in [0.2, 0.25) is 5.02 Å². The van der Waals surface area contributed by atoms with Crippen molar-refractivity contribution in [1.82, 2.24) is 25.6 Å². The Morgan fingerprint density at radius 3 is 3.08 bits per heavy atom. The molecule has 2 aromatic rings. The van der Waals surface area contributed by atoms with E-state index in [1.54, 1.807) is 10.7 Å². The van der Waals surface area contributed by atoms with Crippen LogP contribution in [0, 0.1) is 5.92 Å². The molecule has 7 heteroatoms. The SMILES string of the molecule is CCc1c(C(=O)NCC2CCCNC2)nnn1-c1cccc(Cl)c1. The normalized spacial score (nSPS) is 17.7. The summed E-state index contributed by atoms with van der Waals surface area (Å²) >= 11 is 6.05. The topological polar surface area (TPSA) is 71.8 Å². The summed E-state index contributed by atoms with van der Waals surface area (Å²) < 4.78 is 1.68. The summed E-state index contributed by atoms with van der Waals surface area (Å²) in [5, 5.41) is 15.2. The summed E-state index contributed by atoms with van der Waals surface area (Å²) in [6.45, 7) is 4.68. The van der Waals surface area contributed by atoms with E-state index in [2.05, 4.69) is 20.9 Å². The number of benzene rings is 1. The first-order valence-electron chi connectivity index (χ1n) is 8.38. The van der Waals surface area contributed by atoms with Crippen LogP contribution in [0.25, 0.3) is 5.69 Å². The number of carbonyl (C=O) groups is 1. The molecule has 0 saturated carbocycles. The zero-order valence-corrected chi connectivity index (χ0v) is 14.5. The van der Waals surface area contributed by atoms with Crippen molar-refractivity contribution in [3.63, 3.8) is 0 Å². The highest BCUT2D eigenvalue weighted by Crippen LogP contribution is 2.18. The Balaban J connectivity index is 1.74. The van der Waals surface area contributed by atoms with Gasteiger partial charge >= 0.3 is 0 Å². The molecule has 128 valence electrons. The van der Waals surface area contributed by atoms with Crippen molar-refractivity contribution < 1.29 is 4.79 Å². The fourth-order valence-corrected chi connectivity index (χ4v) is 3.21. The minimum absolute atomic E-state index is 0.161. The van der Waals surface area contributed by atoms with Crippen LogP contribution in [0.5, 0.6) is 0 Å². The van der Waals surface area contributed by atoms with Gasteiger partial charge < -0.3 is 10.6 Å². The number of hydrogen-bond acceptors (Lipinski definition) is 4. The van der Waals surface area contributed by atoms with E-state index in [0.29, 0.717) is 29.6 Å². The van der Waals surface area contributed by atoms with E-state index >= 15 is 0 Å². The molecule has 0 aliphatic carbocycles. The standard InChI is InChI=1S/C17H22ClN5O/c1-2-15-16(17(24)20-11-12-5-4-8-19-10-12)21-22-23(15)14-7-3-6-13(18)9-14/h3,6-7,9,12,19H,2,4-5,8,10-11H2,1H3,(H,20,24). The molecule has 0 radical (unpaired) electrons. The lowest BCUT2D eigenvalue weighted by Gasteiger charge is -2.22. The summed E-state index contributed by atoms with van der Waals surface area (Å²) in [6.07, 6.45) is 2.96. The minimum atomic E-state index is -0.161. The summed E-state index contributed by atoms with van der Waals surface area (Å²) in [4.78, 5) is 12.5. The lowest BCUT2D eigenvalue weighted by Crippen LogP contribution is -2.38. The van der Waals surface area contributed by atoms with Gasteiger partial charge in [-0.3, -0.25) is 4.79 Å². The van der Waals surface area contributed by atoms with E-state index in [9.17, 15) is 4.79 Å². The van der Waals surface area contributed by atoms with Crippen molar-refractivity contribution in [2.45, 2.75) is 26.2 Å². The van der Waals surface area contributed by atoms with Gasteiger partial charge in [0.1, 0.15) is 0 Å². The van der Waals surface area contributed by atoms with Gasteiger partial charge in [-0.25, -0.2) is 4.68 Å². The number of nitrogens with zero attached hydrogens (tertiary/aromatic N) is 3. The molecule has 1 saturated heterocycles. The first-order valence-corrected chi connectivity index (χ1v) is 8.76. The van der Waals surface area contributed by atoms with Crippen molar-refractivity contribution >= 4 is 17.5 Å². The van der Waals surface area contributed by atoms with Crippen molar-refractivity contribution in [3.8, 4) is 5.69 Å². The zero-order chi connectivity index (χ0) is 16.9. The van der Waals surface area contributed by atoms with E-state index in [4.69, 9.17) is 11.6 Å². The van der Waals surface area contributed by atoms with E-state index in [1.165, 1.54) is 0 Å². The first kappa shape index (κ1) is 16.9. The molecule has 3 rings (SSSR count). The second kappa shape index (κ2) is 7.77. The first-order chi connectivity index (χ1) is 11.7. The van der Waals surface area contributed by atoms with Crippen LogP contribution in [0.3, 0.4) is 0 Å². The highest BCUT2D eigenvalue weighted by atomic mass is 35.5.